The number of hydrogen-bond acceptors (Lipinski definition) is 4. The summed E-state index contributed by atoms with van der Waals surface area (Å²) in [7, 11) is 0. The highest BCUT2D eigenvalue weighted by Gasteiger charge is 2.09. The van der Waals surface area contributed by atoms with Gasteiger partial charge in [-0.1, -0.05) is 15.9 Å². The predicted octanol–water partition coefficient (Wildman–Crippen LogP) is 3.15. The van der Waals surface area contributed by atoms with E-state index in [1.807, 2.05) is 24.3 Å². The highest BCUT2D eigenvalue weighted by atomic mass is 79.9. The Morgan fingerprint density at radius 2 is 1.90 bits per heavy atom. The quantitative estimate of drug-likeness (QED) is 0.727. The lowest BCUT2D eigenvalue weighted by Gasteiger charge is -2.03. The van der Waals surface area contributed by atoms with Crippen LogP contribution in [0.3, 0.4) is 0 Å². The van der Waals surface area contributed by atoms with E-state index in [1.165, 1.54) is 0 Å². The number of halogens is 1. The fraction of sp³-hybridized carbons (Fsp3) is 0. The van der Waals surface area contributed by atoms with Crippen LogP contribution in [0.4, 0.5) is 5.69 Å². The average Bonchev–Trinajstić information content (AvgIpc) is 2.97. The first-order valence-electron chi connectivity index (χ1n) is 6.15. The lowest BCUT2D eigenvalue weighted by atomic mass is 10.2. The van der Waals surface area contributed by atoms with Crippen molar-refractivity contribution < 1.29 is 0 Å². The van der Waals surface area contributed by atoms with E-state index in [-0.39, 0.29) is 0 Å². The number of nitrogens with zero attached hydrogens (tertiary/aromatic N) is 4. The summed E-state index contributed by atoms with van der Waals surface area (Å²) in [5.74, 6) is 0.582. The van der Waals surface area contributed by atoms with Gasteiger partial charge in [0.05, 0.1) is 11.3 Å². The van der Waals surface area contributed by atoms with Crippen molar-refractivity contribution in [3.63, 3.8) is 0 Å². The number of nitrogens with two attached hydrogens (primary N) is 1. The van der Waals surface area contributed by atoms with Gasteiger partial charge in [-0.2, -0.15) is 5.26 Å². The van der Waals surface area contributed by atoms with Crippen molar-refractivity contribution in [1.29, 1.82) is 5.26 Å². The van der Waals surface area contributed by atoms with E-state index in [4.69, 9.17) is 5.73 Å². The molecule has 5 nitrogen and oxygen atoms in total. The van der Waals surface area contributed by atoms with Gasteiger partial charge in [0.25, 0.3) is 0 Å². The number of hydrogen-bond donors (Lipinski definition) is 1. The molecule has 0 aliphatic heterocycles. The molecular weight excluding hydrogens is 330 g/mol. The van der Waals surface area contributed by atoms with Crippen molar-refractivity contribution in [1.82, 2.24) is 14.8 Å². The first-order chi connectivity index (χ1) is 10.2. The van der Waals surface area contributed by atoms with Gasteiger partial charge >= 0.3 is 0 Å². The van der Waals surface area contributed by atoms with Crippen LogP contribution in [0, 0.1) is 11.3 Å². The summed E-state index contributed by atoms with van der Waals surface area (Å²) in [5, 5.41) is 13.6. The summed E-state index contributed by atoms with van der Waals surface area (Å²) < 4.78 is 2.47. The molecule has 0 atom stereocenters. The van der Waals surface area contributed by atoms with Gasteiger partial charge in [-0.15, -0.1) is 5.10 Å². The molecule has 3 rings (SSSR count). The molecule has 0 unspecified atom stereocenters. The van der Waals surface area contributed by atoms with Gasteiger partial charge in [-0.25, -0.2) is 9.67 Å². The minimum atomic E-state index is 0.534. The maximum atomic E-state index is 9.18. The van der Waals surface area contributed by atoms with Crippen LogP contribution in [0.5, 0.6) is 0 Å². The van der Waals surface area contributed by atoms with Crippen molar-refractivity contribution in [2.24, 2.45) is 0 Å². The average molecular weight is 340 g/mol. The maximum absolute atomic E-state index is 9.18. The highest BCUT2D eigenvalue weighted by molar-refractivity contribution is 9.10. The molecule has 3 aromatic rings. The molecule has 1 aromatic heterocycles. The zero-order valence-electron chi connectivity index (χ0n) is 10.9. The second-order valence-electron chi connectivity index (χ2n) is 4.41. The lowest BCUT2D eigenvalue weighted by Crippen LogP contribution is -1.98. The normalized spacial score (nSPS) is 10.3. The van der Waals surface area contributed by atoms with Crippen LogP contribution in [-0.4, -0.2) is 14.8 Å². The van der Waals surface area contributed by atoms with Crippen LogP contribution in [0.1, 0.15) is 5.56 Å². The fourth-order valence-electron chi connectivity index (χ4n) is 1.93. The summed E-state index contributed by atoms with van der Waals surface area (Å²) >= 11 is 3.40. The van der Waals surface area contributed by atoms with Crippen LogP contribution in [-0.2, 0) is 0 Å². The van der Waals surface area contributed by atoms with E-state index >= 15 is 0 Å². The lowest BCUT2D eigenvalue weighted by molar-refractivity contribution is 0.878. The molecule has 0 aliphatic carbocycles. The van der Waals surface area contributed by atoms with Crippen LogP contribution in [0.15, 0.2) is 53.3 Å². The summed E-state index contributed by atoms with van der Waals surface area (Å²) in [6, 6.07) is 14.9. The molecule has 2 N–H and O–H groups in total. The Kier molecular flexibility index (Phi) is 3.42. The molecule has 0 radical (unpaired) electrons. The van der Waals surface area contributed by atoms with Gasteiger partial charge in [-0.05, 0) is 42.5 Å². The SMILES string of the molecule is N#Cc1ccc(Br)cc1-n1cnc(-c2ccc(N)cc2)n1. The number of nitrogen functional groups attached to an aromatic ring is 1. The van der Waals surface area contributed by atoms with E-state index in [0.717, 1.165) is 10.0 Å². The second-order valence-corrected chi connectivity index (χ2v) is 5.32. The Hall–Kier alpha value is -2.65. The predicted molar refractivity (Wildman–Crippen MR) is 83.6 cm³/mol. The molecule has 102 valence electrons. The molecular formula is C15H10BrN5. The molecule has 0 fully saturated rings. The van der Waals surface area contributed by atoms with Gasteiger partial charge in [0.15, 0.2) is 5.82 Å². The van der Waals surface area contributed by atoms with E-state index in [0.29, 0.717) is 22.8 Å². The Balaban J connectivity index is 2.05. The second kappa shape index (κ2) is 5.38. The molecule has 6 heteroatoms. The smallest absolute Gasteiger partial charge is 0.181 e. The summed E-state index contributed by atoms with van der Waals surface area (Å²) in [6.07, 6.45) is 1.59. The van der Waals surface area contributed by atoms with E-state index < -0.39 is 0 Å². The number of benzene rings is 2. The summed E-state index contributed by atoms with van der Waals surface area (Å²) in [4.78, 5) is 4.28. The molecule has 0 saturated carbocycles. The van der Waals surface area contributed by atoms with Crippen LogP contribution >= 0.6 is 15.9 Å². The van der Waals surface area contributed by atoms with Crippen LogP contribution < -0.4 is 5.73 Å². The minimum absolute atomic E-state index is 0.534. The number of rotatable bonds is 2. The van der Waals surface area contributed by atoms with Gasteiger partial charge in [0.2, 0.25) is 0 Å². The third-order valence-corrected chi connectivity index (χ3v) is 3.48. The standard InChI is InChI=1S/C15H10BrN5/c16-12-4-1-11(8-17)14(7-12)21-9-19-15(20-21)10-2-5-13(18)6-3-10/h1-7,9H,18H2. The van der Waals surface area contributed by atoms with Crippen molar-refractivity contribution in [3.8, 4) is 23.1 Å². The number of aromatic nitrogens is 3. The van der Waals surface area contributed by atoms with Gasteiger partial charge in [0, 0.05) is 15.7 Å². The summed E-state index contributed by atoms with van der Waals surface area (Å²) in [6.45, 7) is 0. The molecule has 0 saturated heterocycles. The third-order valence-electron chi connectivity index (χ3n) is 2.99. The largest absolute Gasteiger partial charge is 0.399 e. The monoisotopic (exact) mass is 339 g/mol. The first kappa shape index (κ1) is 13.3. The Bertz CT molecular complexity index is 830. The minimum Gasteiger partial charge on any atom is -0.399 e. The van der Waals surface area contributed by atoms with E-state index in [2.05, 4.69) is 32.1 Å². The van der Waals surface area contributed by atoms with E-state index in [9.17, 15) is 5.26 Å². The maximum Gasteiger partial charge on any atom is 0.181 e. The molecule has 0 spiro atoms. The van der Waals surface area contributed by atoms with Crippen LogP contribution in [0.25, 0.3) is 17.1 Å². The zero-order chi connectivity index (χ0) is 14.8. The Labute approximate surface area is 129 Å². The van der Waals surface area contributed by atoms with Gasteiger partial charge in [-0.3, -0.25) is 0 Å². The van der Waals surface area contributed by atoms with Crippen molar-refractivity contribution in [2.45, 2.75) is 0 Å². The molecule has 0 aliphatic rings. The molecule has 1 heterocycles. The fourth-order valence-corrected chi connectivity index (χ4v) is 2.28. The molecule has 0 amide bonds. The van der Waals surface area contributed by atoms with Gasteiger partial charge < -0.3 is 5.73 Å². The molecule has 21 heavy (non-hydrogen) atoms. The number of anilines is 1. The first-order valence-corrected chi connectivity index (χ1v) is 6.94. The Morgan fingerprint density at radius 3 is 2.62 bits per heavy atom. The highest BCUT2D eigenvalue weighted by Crippen LogP contribution is 2.21. The molecule has 0 bridgehead atoms. The third kappa shape index (κ3) is 2.64. The number of nitriles is 1. The zero-order valence-corrected chi connectivity index (χ0v) is 12.4. The van der Waals surface area contributed by atoms with Crippen molar-refractivity contribution in [2.75, 3.05) is 5.73 Å². The van der Waals surface area contributed by atoms with E-state index in [1.54, 1.807) is 29.2 Å². The van der Waals surface area contributed by atoms with Gasteiger partial charge in [0.1, 0.15) is 12.4 Å². The Morgan fingerprint density at radius 1 is 1.14 bits per heavy atom. The topological polar surface area (TPSA) is 80.5 Å². The summed E-state index contributed by atoms with van der Waals surface area (Å²) in [5.41, 5.74) is 8.45. The van der Waals surface area contributed by atoms with Crippen molar-refractivity contribution in [3.05, 3.63) is 58.8 Å². The van der Waals surface area contributed by atoms with Crippen LogP contribution in [0.2, 0.25) is 0 Å². The molecule has 2 aromatic carbocycles. The van der Waals surface area contributed by atoms with Crippen molar-refractivity contribution >= 4 is 21.6 Å².